The molecule has 0 aliphatic rings. The third-order valence-corrected chi connectivity index (χ3v) is 2.93. The number of carbonyl (C=O) groups excluding carboxylic acids is 1. The molecule has 0 aliphatic heterocycles. The minimum Gasteiger partial charge on any atom is -0.398 e. The Morgan fingerprint density at radius 1 is 1.37 bits per heavy atom. The molecule has 0 amide bonds. The topological polar surface area (TPSA) is 56.0 Å². The molecular formula is C15H21FN2O. The lowest BCUT2D eigenvalue weighted by Gasteiger charge is -2.15. The number of hydrogen-bond donors (Lipinski definition) is 1. The predicted molar refractivity (Wildman–Crippen MR) is 75.0 cm³/mol. The number of ketones is 1. The summed E-state index contributed by atoms with van der Waals surface area (Å²) >= 11 is 0. The molecule has 0 bridgehead atoms. The van der Waals surface area contributed by atoms with Crippen LogP contribution in [-0.4, -0.2) is 10.8 Å². The lowest BCUT2D eigenvalue weighted by atomic mass is 9.94. The Kier molecular flexibility index (Phi) is 4.45. The maximum atomic E-state index is 13.7. The summed E-state index contributed by atoms with van der Waals surface area (Å²) in [5.74, 6) is -0.0165. The number of carbonyl (C=O) groups is 1. The van der Waals surface area contributed by atoms with Crippen LogP contribution in [0.15, 0.2) is 23.9 Å². The second-order valence-electron chi connectivity index (χ2n) is 5.44. The smallest absolute Gasteiger partial charge is 0.158 e. The molecule has 1 aromatic rings. The SMILES string of the molecule is CC(=O)/C(=C(\N)c1ccc(C(C)(C)F)nc1)C(C)C. The molecule has 19 heavy (non-hydrogen) atoms. The summed E-state index contributed by atoms with van der Waals surface area (Å²) in [6.45, 7) is 8.22. The average molecular weight is 264 g/mol. The van der Waals surface area contributed by atoms with Crippen molar-refractivity contribution in [3.8, 4) is 0 Å². The molecule has 4 heteroatoms. The molecule has 0 aliphatic carbocycles. The van der Waals surface area contributed by atoms with Gasteiger partial charge in [-0.1, -0.05) is 13.8 Å². The van der Waals surface area contributed by atoms with E-state index in [1.165, 1.54) is 27.0 Å². The summed E-state index contributed by atoms with van der Waals surface area (Å²) in [6.07, 6.45) is 1.51. The van der Waals surface area contributed by atoms with E-state index in [1.54, 1.807) is 12.1 Å². The van der Waals surface area contributed by atoms with Crippen LogP contribution in [0.1, 0.15) is 45.9 Å². The van der Waals surface area contributed by atoms with Crippen LogP contribution in [0.3, 0.4) is 0 Å². The van der Waals surface area contributed by atoms with E-state index >= 15 is 0 Å². The molecule has 0 spiro atoms. The van der Waals surface area contributed by atoms with Crippen LogP contribution >= 0.6 is 0 Å². The van der Waals surface area contributed by atoms with Crippen LogP contribution in [0.25, 0.3) is 5.70 Å². The summed E-state index contributed by atoms with van der Waals surface area (Å²) in [5, 5.41) is 0. The van der Waals surface area contributed by atoms with E-state index in [4.69, 9.17) is 5.73 Å². The number of halogens is 1. The number of nitrogens with zero attached hydrogens (tertiary/aromatic N) is 1. The number of allylic oxidation sites excluding steroid dienone is 1. The molecule has 0 radical (unpaired) electrons. The molecule has 1 aromatic heterocycles. The van der Waals surface area contributed by atoms with Gasteiger partial charge in [0.2, 0.25) is 0 Å². The molecule has 1 rings (SSSR count). The van der Waals surface area contributed by atoms with Crippen molar-refractivity contribution >= 4 is 11.5 Å². The van der Waals surface area contributed by atoms with Crippen molar-refractivity contribution < 1.29 is 9.18 Å². The second kappa shape index (κ2) is 5.51. The van der Waals surface area contributed by atoms with Gasteiger partial charge in [0.05, 0.1) is 5.69 Å². The number of Topliss-reactive ketones (excluding diaryl/α,β-unsaturated/α-hetero) is 1. The average Bonchev–Trinajstić information content (AvgIpc) is 2.27. The lowest BCUT2D eigenvalue weighted by molar-refractivity contribution is -0.113. The van der Waals surface area contributed by atoms with Crippen molar-refractivity contribution in [3.63, 3.8) is 0 Å². The quantitative estimate of drug-likeness (QED) is 0.850. The van der Waals surface area contributed by atoms with E-state index in [-0.39, 0.29) is 11.7 Å². The largest absolute Gasteiger partial charge is 0.398 e. The molecule has 0 saturated carbocycles. The number of hydrogen-bond acceptors (Lipinski definition) is 3. The minimum atomic E-state index is -1.49. The Morgan fingerprint density at radius 2 is 1.95 bits per heavy atom. The third-order valence-electron chi connectivity index (χ3n) is 2.93. The van der Waals surface area contributed by atoms with E-state index in [9.17, 15) is 9.18 Å². The van der Waals surface area contributed by atoms with Gasteiger partial charge in [0, 0.05) is 23.0 Å². The molecule has 2 N–H and O–H groups in total. The van der Waals surface area contributed by atoms with Gasteiger partial charge in [0.15, 0.2) is 5.78 Å². The van der Waals surface area contributed by atoms with Gasteiger partial charge < -0.3 is 5.73 Å². The van der Waals surface area contributed by atoms with Crippen molar-refractivity contribution in [2.45, 2.75) is 40.3 Å². The second-order valence-corrected chi connectivity index (χ2v) is 5.44. The van der Waals surface area contributed by atoms with Crippen LogP contribution in [0, 0.1) is 5.92 Å². The monoisotopic (exact) mass is 264 g/mol. The predicted octanol–water partition coefficient (Wildman–Crippen LogP) is 3.20. The Morgan fingerprint density at radius 3 is 2.26 bits per heavy atom. The van der Waals surface area contributed by atoms with Crippen LogP contribution in [0.2, 0.25) is 0 Å². The zero-order valence-corrected chi connectivity index (χ0v) is 12.1. The highest BCUT2D eigenvalue weighted by atomic mass is 19.1. The first kappa shape index (κ1) is 15.3. The fourth-order valence-electron chi connectivity index (χ4n) is 1.97. The Bertz CT molecular complexity index is 496. The summed E-state index contributed by atoms with van der Waals surface area (Å²) in [6, 6.07) is 3.30. The summed E-state index contributed by atoms with van der Waals surface area (Å²) in [7, 11) is 0. The summed E-state index contributed by atoms with van der Waals surface area (Å²) < 4.78 is 13.7. The van der Waals surface area contributed by atoms with Crippen LogP contribution in [0.4, 0.5) is 4.39 Å². The van der Waals surface area contributed by atoms with Crippen molar-refractivity contribution in [3.05, 3.63) is 35.2 Å². The lowest BCUT2D eigenvalue weighted by Crippen LogP contribution is -2.14. The van der Waals surface area contributed by atoms with Gasteiger partial charge in [-0.05, 0) is 38.8 Å². The van der Waals surface area contributed by atoms with E-state index < -0.39 is 5.67 Å². The highest BCUT2D eigenvalue weighted by molar-refractivity contribution is 6.00. The number of alkyl halides is 1. The van der Waals surface area contributed by atoms with Crippen molar-refractivity contribution in [2.75, 3.05) is 0 Å². The standard InChI is InChI=1S/C15H21FN2O/c1-9(2)13(10(3)19)14(17)11-6-7-12(18-8-11)15(4,5)16/h6-9H,17H2,1-5H3/b14-13-. The minimum absolute atomic E-state index is 0.0368. The summed E-state index contributed by atoms with van der Waals surface area (Å²) in [4.78, 5) is 15.7. The van der Waals surface area contributed by atoms with Crippen molar-refractivity contribution in [2.24, 2.45) is 11.7 Å². The van der Waals surface area contributed by atoms with Crippen molar-refractivity contribution in [1.29, 1.82) is 0 Å². The third kappa shape index (κ3) is 3.63. The van der Waals surface area contributed by atoms with Gasteiger partial charge >= 0.3 is 0 Å². The molecule has 0 atom stereocenters. The number of rotatable bonds is 4. The van der Waals surface area contributed by atoms with E-state index in [2.05, 4.69) is 4.98 Å². The highest BCUT2D eigenvalue weighted by Crippen LogP contribution is 2.25. The van der Waals surface area contributed by atoms with Gasteiger partial charge in [-0.3, -0.25) is 9.78 Å². The highest BCUT2D eigenvalue weighted by Gasteiger charge is 2.21. The van der Waals surface area contributed by atoms with Gasteiger partial charge in [0.1, 0.15) is 5.67 Å². The number of pyridine rings is 1. The van der Waals surface area contributed by atoms with Gasteiger partial charge in [-0.15, -0.1) is 0 Å². The van der Waals surface area contributed by atoms with E-state index in [0.29, 0.717) is 22.5 Å². The molecule has 104 valence electrons. The zero-order valence-electron chi connectivity index (χ0n) is 12.1. The molecule has 0 unspecified atom stereocenters. The Labute approximate surface area is 113 Å². The first-order valence-corrected chi connectivity index (χ1v) is 6.31. The van der Waals surface area contributed by atoms with Gasteiger partial charge in [0.25, 0.3) is 0 Å². The molecule has 0 aromatic carbocycles. The van der Waals surface area contributed by atoms with Gasteiger partial charge in [-0.25, -0.2) is 4.39 Å². The number of aromatic nitrogens is 1. The maximum absolute atomic E-state index is 13.7. The van der Waals surface area contributed by atoms with E-state index in [0.717, 1.165) is 0 Å². The van der Waals surface area contributed by atoms with Gasteiger partial charge in [-0.2, -0.15) is 0 Å². The van der Waals surface area contributed by atoms with Crippen molar-refractivity contribution in [1.82, 2.24) is 4.98 Å². The zero-order chi connectivity index (χ0) is 14.8. The molecule has 1 heterocycles. The Balaban J connectivity index is 3.23. The normalized spacial score (nSPS) is 13.4. The maximum Gasteiger partial charge on any atom is 0.158 e. The fourth-order valence-corrected chi connectivity index (χ4v) is 1.97. The molecular weight excluding hydrogens is 243 g/mol. The van der Waals surface area contributed by atoms with Crippen LogP contribution in [-0.2, 0) is 10.5 Å². The molecule has 3 nitrogen and oxygen atoms in total. The number of nitrogens with two attached hydrogens (primary N) is 1. The Hall–Kier alpha value is -1.71. The first-order chi connectivity index (χ1) is 8.64. The van der Waals surface area contributed by atoms with Crippen LogP contribution in [0.5, 0.6) is 0 Å². The van der Waals surface area contributed by atoms with Crippen LogP contribution < -0.4 is 5.73 Å². The first-order valence-electron chi connectivity index (χ1n) is 6.31. The van der Waals surface area contributed by atoms with E-state index in [1.807, 2.05) is 13.8 Å². The fraction of sp³-hybridized carbons (Fsp3) is 0.467. The summed E-state index contributed by atoms with van der Waals surface area (Å²) in [5.41, 5.74) is 6.52. The molecule has 0 fully saturated rings. The molecule has 0 saturated heterocycles.